The first kappa shape index (κ1) is 18.5. The number of amides is 3. The number of hydrogen-bond donors (Lipinski definition) is 2. The third-order valence-corrected chi connectivity index (χ3v) is 5.23. The Hall–Kier alpha value is -2.28. The quantitative estimate of drug-likeness (QED) is 0.838. The van der Waals surface area contributed by atoms with Crippen LogP contribution in [0.2, 0.25) is 5.02 Å². The fourth-order valence-corrected chi connectivity index (χ4v) is 3.75. The number of nitrogens with zero attached hydrogens (tertiary/aromatic N) is 2. The van der Waals surface area contributed by atoms with E-state index in [2.05, 4.69) is 5.32 Å². The number of carboxylic acids is 1. The van der Waals surface area contributed by atoms with Crippen molar-refractivity contribution in [3.63, 3.8) is 0 Å². The van der Waals surface area contributed by atoms with Crippen LogP contribution in [0, 0.1) is 0 Å². The van der Waals surface area contributed by atoms with Crippen molar-refractivity contribution >= 4 is 29.5 Å². The molecule has 0 unspecified atom stereocenters. The predicted molar refractivity (Wildman–Crippen MR) is 95.8 cm³/mol. The number of carbonyl (C=O) groups is 3. The Labute approximate surface area is 156 Å². The molecule has 3 amide bonds. The van der Waals surface area contributed by atoms with Crippen LogP contribution >= 0.6 is 11.6 Å². The summed E-state index contributed by atoms with van der Waals surface area (Å²) in [6, 6.07) is 5.51. The van der Waals surface area contributed by atoms with Gasteiger partial charge in [-0.3, -0.25) is 4.79 Å². The summed E-state index contributed by atoms with van der Waals surface area (Å²) in [5, 5.41) is 12.7. The maximum Gasteiger partial charge on any atom is 0.326 e. The fraction of sp³-hybridized carbons (Fsp3) is 0.500. The first-order valence-corrected chi connectivity index (χ1v) is 9.17. The molecular weight excluding hydrogens is 358 g/mol. The van der Waals surface area contributed by atoms with Gasteiger partial charge in [0.05, 0.1) is 0 Å². The van der Waals surface area contributed by atoms with Gasteiger partial charge in [0.15, 0.2) is 0 Å². The number of urea groups is 1. The molecule has 0 radical (unpaired) electrons. The molecule has 0 aliphatic carbocycles. The zero-order chi connectivity index (χ0) is 18.7. The molecular formula is C18H22ClN3O4. The molecule has 2 atom stereocenters. The molecule has 0 bridgehead atoms. The second-order valence-electron chi connectivity index (χ2n) is 6.66. The van der Waals surface area contributed by atoms with E-state index in [9.17, 15) is 19.5 Å². The number of likely N-dealkylation sites (tertiary alicyclic amines) is 2. The molecule has 7 nitrogen and oxygen atoms in total. The van der Waals surface area contributed by atoms with Crippen molar-refractivity contribution in [1.82, 2.24) is 15.1 Å². The molecule has 2 aliphatic rings. The van der Waals surface area contributed by atoms with E-state index in [1.807, 2.05) is 12.1 Å². The van der Waals surface area contributed by atoms with Crippen molar-refractivity contribution in [3.8, 4) is 0 Å². The highest BCUT2D eigenvalue weighted by atomic mass is 35.5. The average Bonchev–Trinajstić information content (AvgIpc) is 3.29. The van der Waals surface area contributed by atoms with Gasteiger partial charge in [-0.15, -0.1) is 0 Å². The Bertz CT molecular complexity index is 694. The Morgan fingerprint density at radius 2 is 1.65 bits per heavy atom. The molecule has 2 N–H and O–H groups in total. The van der Waals surface area contributed by atoms with Gasteiger partial charge < -0.3 is 20.2 Å². The highest BCUT2D eigenvalue weighted by molar-refractivity contribution is 6.30. The smallest absolute Gasteiger partial charge is 0.326 e. The van der Waals surface area contributed by atoms with Crippen LogP contribution in [-0.2, 0) is 16.1 Å². The Morgan fingerprint density at radius 3 is 2.31 bits per heavy atom. The van der Waals surface area contributed by atoms with E-state index in [1.54, 1.807) is 12.1 Å². The lowest BCUT2D eigenvalue weighted by Crippen LogP contribution is -2.52. The third-order valence-electron chi connectivity index (χ3n) is 4.98. The minimum absolute atomic E-state index is 0.256. The second-order valence-corrected chi connectivity index (χ2v) is 7.10. The molecule has 2 fully saturated rings. The van der Waals surface area contributed by atoms with Gasteiger partial charge in [0.1, 0.15) is 12.1 Å². The lowest BCUT2D eigenvalue weighted by Gasteiger charge is -2.30. The Morgan fingerprint density at radius 1 is 1.04 bits per heavy atom. The maximum atomic E-state index is 12.8. The van der Waals surface area contributed by atoms with Crippen molar-refractivity contribution in [2.45, 2.75) is 44.3 Å². The predicted octanol–water partition coefficient (Wildman–Crippen LogP) is 2.09. The van der Waals surface area contributed by atoms with Gasteiger partial charge in [0, 0.05) is 24.7 Å². The second kappa shape index (κ2) is 7.95. The molecule has 1 aromatic carbocycles. The van der Waals surface area contributed by atoms with Crippen LogP contribution in [0.15, 0.2) is 24.3 Å². The van der Waals surface area contributed by atoms with Gasteiger partial charge in [-0.2, -0.15) is 0 Å². The molecule has 0 aromatic heterocycles. The number of aliphatic carboxylic acids is 1. The van der Waals surface area contributed by atoms with Crippen LogP contribution in [-0.4, -0.2) is 58.0 Å². The molecule has 2 aliphatic heterocycles. The topological polar surface area (TPSA) is 90.0 Å². The summed E-state index contributed by atoms with van der Waals surface area (Å²) < 4.78 is 0. The lowest BCUT2D eigenvalue weighted by atomic mass is 10.1. The summed E-state index contributed by atoms with van der Waals surface area (Å²) in [6.45, 7) is 1.27. The van der Waals surface area contributed by atoms with E-state index in [0.29, 0.717) is 43.9 Å². The Balaban J connectivity index is 1.61. The fourth-order valence-electron chi connectivity index (χ4n) is 3.63. The van der Waals surface area contributed by atoms with Crippen molar-refractivity contribution in [3.05, 3.63) is 34.9 Å². The normalized spacial score (nSPS) is 22.5. The number of hydrogen-bond acceptors (Lipinski definition) is 3. The van der Waals surface area contributed by atoms with Crippen LogP contribution in [0.25, 0.3) is 0 Å². The standard InChI is InChI=1S/C18H22ClN3O4/c19-13-7-5-12(6-8-13)11-20-18(26)22-10-1-3-14(22)16(23)21-9-2-4-15(21)17(24)25/h5-8,14-15H,1-4,9-11H2,(H,20,26)(H,24,25)/t14-,15-/m0/s1. The van der Waals surface area contributed by atoms with E-state index in [-0.39, 0.29) is 11.9 Å². The van der Waals surface area contributed by atoms with Gasteiger partial charge in [0.25, 0.3) is 0 Å². The summed E-state index contributed by atoms with van der Waals surface area (Å²) in [7, 11) is 0. The lowest BCUT2D eigenvalue weighted by molar-refractivity contribution is -0.149. The molecule has 0 spiro atoms. The van der Waals surface area contributed by atoms with E-state index >= 15 is 0 Å². The van der Waals surface area contributed by atoms with Gasteiger partial charge in [0.2, 0.25) is 5.91 Å². The van der Waals surface area contributed by atoms with Crippen LogP contribution in [0.3, 0.4) is 0 Å². The number of rotatable bonds is 4. The molecule has 3 rings (SSSR count). The van der Waals surface area contributed by atoms with Crippen molar-refractivity contribution in [2.75, 3.05) is 13.1 Å². The van der Waals surface area contributed by atoms with Crippen molar-refractivity contribution in [2.24, 2.45) is 0 Å². The SMILES string of the molecule is O=C(O)[C@@H]1CCCN1C(=O)[C@@H]1CCCN1C(=O)NCc1ccc(Cl)cc1. The molecule has 0 saturated carbocycles. The molecule has 1 aromatic rings. The van der Waals surface area contributed by atoms with E-state index < -0.39 is 18.1 Å². The molecule has 26 heavy (non-hydrogen) atoms. The first-order chi connectivity index (χ1) is 12.5. The van der Waals surface area contributed by atoms with Crippen molar-refractivity contribution in [1.29, 1.82) is 0 Å². The minimum atomic E-state index is -0.979. The highest BCUT2D eigenvalue weighted by Gasteiger charge is 2.42. The molecule has 2 heterocycles. The van der Waals surface area contributed by atoms with Crippen LogP contribution in [0.5, 0.6) is 0 Å². The van der Waals surface area contributed by atoms with Gasteiger partial charge >= 0.3 is 12.0 Å². The van der Waals surface area contributed by atoms with E-state index in [0.717, 1.165) is 12.0 Å². The summed E-state index contributed by atoms with van der Waals surface area (Å²) in [5.74, 6) is -1.23. The average molecular weight is 380 g/mol. The molecule has 140 valence electrons. The zero-order valence-electron chi connectivity index (χ0n) is 14.4. The molecule has 8 heteroatoms. The monoisotopic (exact) mass is 379 g/mol. The molecule has 2 saturated heterocycles. The number of carboxylic acid groups (broad SMARTS) is 1. The largest absolute Gasteiger partial charge is 0.480 e. The number of halogens is 1. The summed E-state index contributed by atoms with van der Waals surface area (Å²) in [4.78, 5) is 39.6. The summed E-state index contributed by atoms with van der Waals surface area (Å²) >= 11 is 5.85. The van der Waals surface area contributed by atoms with Gasteiger partial charge in [-0.1, -0.05) is 23.7 Å². The number of nitrogens with one attached hydrogen (secondary N) is 1. The zero-order valence-corrected chi connectivity index (χ0v) is 15.1. The third kappa shape index (κ3) is 3.93. The van der Waals surface area contributed by atoms with Crippen LogP contribution in [0.1, 0.15) is 31.2 Å². The number of benzene rings is 1. The minimum Gasteiger partial charge on any atom is -0.480 e. The number of carbonyl (C=O) groups excluding carboxylic acids is 2. The van der Waals surface area contributed by atoms with Crippen LogP contribution in [0.4, 0.5) is 4.79 Å². The highest BCUT2D eigenvalue weighted by Crippen LogP contribution is 2.25. The summed E-state index contributed by atoms with van der Waals surface area (Å²) in [6.07, 6.45) is 2.45. The van der Waals surface area contributed by atoms with Gasteiger partial charge in [-0.25, -0.2) is 9.59 Å². The summed E-state index contributed by atoms with van der Waals surface area (Å²) in [5.41, 5.74) is 0.912. The van der Waals surface area contributed by atoms with Gasteiger partial charge in [-0.05, 0) is 43.4 Å². The van der Waals surface area contributed by atoms with E-state index in [4.69, 9.17) is 11.6 Å². The van der Waals surface area contributed by atoms with E-state index in [1.165, 1.54) is 9.80 Å². The Kier molecular flexibility index (Phi) is 5.66. The van der Waals surface area contributed by atoms with Crippen molar-refractivity contribution < 1.29 is 19.5 Å². The van der Waals surface area contributed by atoms with Crippen LogP contribution < -0.4 is 5.32 Å². The maximum absolute atomic E-state index is 12.8. The first-order valence-electron chi connectivity index (χ1n) is 8.79.